The minimum atomic E-state index is -0.579. The van der Waals surface area contributed by atoms with Crippen molar-refractivity contribution in [1.82, 2.24) is 14.8 Å². The molecule has 0 saturated carbocycles. The van der Waals surface area contributed by atoms with Crippen molar-refractivity contribution < 1.29 is 5.11 Å². The van der Waals surface area contributed by atoms with Gasteiger partial charge in [-0.2, -0.15) is 5.10 Å². The van der Waals surface area contributed by atoms with Gasteiger partial charge < -0.3 is 5.11 Å². The molecular formula is C13H15Br2N3O. The van der Waals surface area contributed by atoms with Crippen LogP contribution in [0.2, 0.25) is 0 Å². The van der Waals surface area contributed by atoms with Crippen molar-refractivity contribution in [2.75, 3.05) is 0 Å². The van der Waals surface area contributed by atoms with Crippen LogP contribution in [-0.4, -0.2) is 19.9 Å². The van der Waals surface area contributed by atoms with Gasteiger partial charge in [-0.15, -0.1) is 0 Å². The van der Waals surface area contributed by atoms with Gasteiger partial charge in [0.2, 0.25) is 0 Å². The summed E-state index contributed by atoms with van der Waals surface area (Å²) in [4.78, 5) is 4.21. The number of halogens is 2. The van der Waals surface area contributed by atoms with E-state index in [1.807, 2.05) is 22.9 Å². The number of hydrogen-bond acceptors (Lipinski definition) is 3. The molecule has 0 radical (unpaired) electrons. The zero-order valence-corrected chi connectivity index (χ0v) is 13.7. The molecule has 1 heterocycles. The van der Waals surface area contributed by atoms with E-state index in [2.05, 4.69) is 48.9 Å². The van der Waals surface area contributed by atoms with Crippen molar-refractivity contribution in [2.24, 2.45) is 0 Å². The predicted molar refractivity (Wildman–Crippen MR) is 80.8 cm³/mol. The Morgan fingerprint density at radius 3 is 2.79 bits per heavy atom. The molecule has 0 amide bonds. The molecule has 0 aliphatic heterocycles. The van der Waals surface area contributed by atoms with Crippen molar-refractivity contribution in [2.45, 2.75) is 32.4 Å². The average Bonchev–Trinajstić information content (AvgIpc) is 2.80. The third-order valence-corrected chi connectivity index (χ3v) is 4.72. The van der Waals surface area contributed by atoms with Crippen LogP contribution >= 0.6 is 31.9 Å². The van der Waals surface area contributed by atoms with Gasteiger partial charge in [0, 0.05) is 21.9 Å². The van der Waals surface area contributed by atoms with Crippen molar-refractivity contribution >= 4 is 31.9 Å². The minimum Gasteiger partial charge on any atom is -0.388 e. The number of aliphatic hydroxyl groups is 1. The third kappa shape index (κ3) is 3.64. The number of rotatable bonds is 5. The fourth-order valence-corrected chi connectivity index (χ4v) is 2.50. The molecule has 0 spiro atoms. The normalized spacial score (nSPS) is 12.6. The SMILES string of the molecule is CCCn1ncnc1CC(O)c1ccc(Br)c(Br)c1. The number of hydrogen-bond donors (Lipinski definition) is 1. The van der Waals surface area contributed by atoms with Crippen molar-refractivity contribution in [3.8, 4) is 0 Å². The van der Waals surface area contributed by atoms with Crippen molar-refractivity contribution in [1.29, 1.82) is 0 Å². The summed E-state index contributed by atoms with van der Waals surface area (Å²) in [7, 11) is 0. The van der Waals surface area contributed by atoms with Gasteiger partial charge in [0.1, 0.15) is 12.2 Å². The lowest BCUT2D eigenvalue weighted by atomic mass is 10.1. The van der Waals surface area contributed by atoms with E-state index in [0.29, 0.717) is 6.42 Å². The maximum absolute atomic E-state index is 10.3. The first-order chi connectivity index (χ1) is 9.11. The molecule has 6 heteroatoms. The summed E-state index contributed by atoms with van der Waals surface area (Å²) in [6, 6.07) is 5.73. The molecule has 4 nitrogen and oxygen atoms in total. The van der Waals surface area contributed by atoms with Gasteiger partial charge in [0.25, 0.3) is 0 Å². The molecule has 0 aliphatic carbocycles. The lowest BCUT2D eigenvalue weighted by molar-refractivity contribution is 0.174. The largest absolute Gasteiger partial charge is 0.388 e. The highest BCUT2D eigenvalue weighted by Gasteiger charge is 2.14. The van der Waals surface area contributed by atoms with Gasteiger partial charge in [0.15, 0.2) is 0 Å². The molecule has 0 aliphatic rings. The molecule has 102 valence electrons. The van der Waals surface area contributed by atoms with Gasteiger partial charge in [-0.05, 0) is 56.0 Å². The maximum atomic E-state index is 10.3. The van der Waals surface area contributed by atoms with E-state index in [4.69, 9.17) is 0 Å². The summed E-state index contributed by atoms with van der Waals surface area (Å²) < 4.78 is 3.74. The molecule has 0 bridgehead atoms. The first-order valence-corrected chi connectivity index (χ1v) is 7.70. The molecule has 1 atom stereocenters. The lowest BCUT2D eigenvalue weighted by Gasteiger charge is -2.12. The summed E-state index contributed by atoms with van der Waals surface area (Å²) in [5, 5.41) is 14.4. The maximum Gasteiger partial charge on any atom is 0.138 e. The summed E-state index contributed by atoms with van der Waals surface area (Å²) in [6.45, 7) is 2.92. The van der Waals surface area contributed by atoms with E-state index >= 15 is 0 Å². The van der Waals surface area contributed by atoms with Crippen LogP contribution in [0.4, 0.5) is 0 Å². The van der Waals surface area contributed by atoms with Gasteiger partial charge in [-0.3, -0.25) is 4.68 Å². The smallest absolute Gasteiger partial charge is 0.138 e. The average molecular weight is 389 g/mol. The number of aryl methyl sites for hydroxylation is 1. The van der Waals surface area contributed by atoms with Gasteiger partial charge in [-0.25, -0.2) is 4.98 Å². The summed E-state index contributed by atoms with van der Waals surface area (Å²) in [5.41, 5.74) is 0.862. The number of nitrogens with zero attached hydrogens (tertiary/aromatic N) is 3. The number of benzene rings is 1. The first-order valence-electron chi connectivity index (χ1n) is 6.11. The molecule has 0 saturated heterocycles. The van der Waals surface area contributed by atoms with E-state index in [9.17, 15) is 5.11 Å². The quantitative estimate of drug-likeness (QED) is 0.852. The summed E-state index contributed by atoms with van der Waals surface area (Å²) >= 11 is 6.86. The highest BCUT2D eigenvalue weighted by atomic mass is 79.9. The second kappa shape index (κ2) is 6.63. The second-order valence-electron chi connectivity index (χ2n) is 4.29. The Morgan fingerprint density at radius 1 is 1.32 bits per heavy atom. The van der Waals surface area contributed by atoms with Gasteiger partial charge >= 0.3 is 0 Å². The summed E-state index contributed by atoms with van der Waals surface area (Å²) in [5.74, 6) is 0.813. The van der Waals surface area contributed by atoms with Crippen molar-refractivity contribution in [3.05, 3.63) is 44.9 Å². The molecular weight excluding hydrogens is 374 g/mol. The second-order valence-corrected chi connectivity index (χ2v) is 6.00. The number of aromatic nitrogens is 3. The topological polar surface area (TPSA) is 50.9 Å². The van der Waals surface area contributed by atoms with Crippen LogP contribution in [0.25, 0.3) is 0 Å². The molecule has 2 rings (SSSR count). The Balaban J connectivity index is 2.13. The standard InChI is InChI=1S/C13H15Br2N3O/c1-2-5-18-13(16-8-17-18)7-12(19)9-3-4-10(14)11(15)6-9/h3-4,6,8,12,19H,2,5,7H2,1H3. The Morgan fingerprint density at radius 2 is 2.11 bits per heavy atom. The van der Waals surface area contributed by atoms with Crippen LogP contribution in [0.15, 0.2) is 33.5 Å². The van der Waals surface area contributed by atoms with Gasteiger partial charge in [-0.1, -0.05) is 13.0 Å². The minimum absolute atomic E-state index is 0.466. The van der Waals surface area contributed by atoms with Crippen LogP contribution in [-0.2, 0) is 13.0 Å². The van der Waals surface area contributed by atoms with E-state index in [1.54, 1.807) is 0 Å². The van der Waals surface area contributed by atoms with Crippen LogP contribution < -0.4 is 0 Å². The van der Waals surface area contributed by atoms with E-state index in [-0.39, 0.29) is 0 Å². The zero-order valence-electron chi connectivity index (χ0n) is 10.6. The lowest BCUT2D eigenvalue weighted by Crippen LogP contribution is -2.10. The summed E-state index contributed by atoms with van der Waals surface area (Å²) in [6.07, 6.45) is 2.42. The highest BCUT2D eigenvalue weighted by molar-refractivity contribution is 9.13. The van der Waals surface area contributed by atoms with Crippen LogP contribution in [0, 0.1) is 0 Å². The fourth-order valence-electron chi connectivity index (χ4n) is 1.86. The first kappa shape index (κ1) is 14.7. The van der Waals surface area contributed by atoms with Crippen molar-refractivity contribution in [3.63, 3.8) is 0 Å². The molecule has 1 aromatic carbocycles. The van der Waals surface area contributed by atoms with Gasteiger partial charge in [0.05, 0.1) is 6.10 Å². The Labute approximate surface area is 129 Å². The van der Waals surface area contributed by atoms with E-state index < -0.39 is 6.10 Å². The molecule has 1 unspecified atom stereocenters. The van der Waals surface area contributed by atoms with Crippen LogP contribution in [0.5, 0.6) is 0 Å². The Kier molecular flexibility index (Phi) is 5.13. The Bertz CT molecular complexity index is 557. The monoisotopic (exact) mass is 387 g/mol. The predicted octanol–water partition coefficient (Wildman–Crippen LogP) is 3.49. The van der Waals surface area contributed by atoms with Crippen LogP contribution in [0.1, 0.15) is 30.8 Å². The zero-order chi connectivity index (χ0) is 13.8. The third-order valence-electron chi connectivity index (χ3n) is 2.84. The van der Waals surface area contributed by atoms with E-state index in [0.717, 1.165) is 33.3 Å². The number of aliphatic hydroxyl groups excluding tert-OH is 1. The molecule has 2 aromatic rings. The molecule has 1 N–H and O–H groups in total. The molecule has 19 heavy (non-hydrogen) atoms. The highest BCUT2D eigenvalue weighted by Crippen LogP contribution is 2.27. The van der Waals surface area contributed by atoms with E-state index in [1.165, 1.54) is 6.33 Å². The molecule has 1 aromatic heterocycles. The van der Waals surface area contributed by atoms with Crippen LogP contribution in [0.3, 0.4) is 0 Å². The Hall–Kier alpha value is -0.720. The molecule has 0 fully saturated rings. The fraction of sp³-hybridized carbons (Fsp3) is 0.385.